The maximum absolute atomic E-state index is 11.0. The molecule has 0 aromatic carbocycles. The van der Waals surface area contributed by atoms with Crippen molar-refractivity contribution >= 4 is 5.97 Å². The van der Waals surface area contributed by atoms with Crippen LogP contribution in [0.3, 0.4) is 0 Å². The van der Waals surface area contributed by atoms with Crippen LogP contribution < -0.4 is 0 Å². The molecule has 100 valence electrons. The molecule has 0 saturated carbocycles. The van der Waals surface area contributed by atoms with Crippen LogP contribution in [-0.2, 0) is 9.53 Å². The van der Waals surface area contributed by atoms with E-state index in [2.05, 4.69) is 27.4 Å². The summed E-state index contributed by atoms with van der Waals surface area (Å²) in [4.78, 5) is 11.0. The number of likely N-dealkylation sites (N-methyl/N-ethyl adjacent to an activating group) is 1. The fourth-order valence-electron chi connectivity index (χ4n) is 2.06. The Bertz CT molecular complexity index is 222. The van der Waals surface area contributed by atoms with Gasteiger partial charge in [-0.15, -0.1) is 0 Å². The minimum atomic E-state index is -0.316. The van der Waals surface area contributed by atoms with Crippen LogP contribution in [0.15, 0.2) is 12.7 Å². The lowest BCUT2D eigenvalue weighted by molar-refractivity contribution is -0.925. The van der Waals surface area contributed by atoms with Gasteiger partial charge in [-0.25, -0.2) is 4.79 Å². The number of unbranched alkanes of at least 4 members (excludes halogenated alkanes) is 2. The van der Waals surface area contributed by atoms with E-state index in [0.29, 0.717) is 6.61 Å². The molecule has 0 heterocycles. The van der Waals surface area contributed by atoms with Crippen molar-refractivity contribution in [3.05, 3.63) is 12.7 Å². The van der Waals surface area contributed by atoms with E-state index in [1.165, 1.54) is 31.9 Å². The molecule has 0 N–H and O–H groups in total. The fourth-order valence-corrected chi connectivity index (χ4v) is 2.06. The van der Waals surface area contributed by atoms with Crippen LogP contribution in [0.5, 0.6) is 0 Å². The second-order valence-electron chi connectivity index (χ2n) is 4.50. The van der Waals surface area contributed by atoms with Gasteiger partial charge in [0.2, 0.25) is 0 Å². The van der Waals surface area contributed by atoms with E-state index in [4.69, 9.17) is 4.74 Å². The Labute approximate surface area is 106 Å². The minimum absolute atomic E-state index is 0.316. The maximum Gasteiger partial charge on any atom is 0.330 e. The van der Waals surface area contributed by atoms with E-state index < -0.39 is 0 Å². The molecule has 3 nitrogen and oxygen atoms in total. The molecule has 0 fully saturated rings. The van der Waals surface area contributed by atoms with Crippen LogP contribution in [0.4, 0.5) is 0 Å². The highest BCUT2D eigenvalue weighted by Gasteiger charge is 2.22. The second kappa shape index (κ2) is 9.23. The largest absolute Gasteiger partial charge is 0.457 e. The Morgan fingerprint density at radius 2 is 1.82 bits per heavy atom. The van der Waals surface area contributed by atoms with Gasteiger partial charge in [-0.1, -0.05) is 19.9 Å². The molecule has 0 aliphatic heterocycles. The molecule has 3 heteroatoms. The van der Waals surface area contributed by atoms with Crippen LogP contribution in [0.1, 0.15) is 40.0 Å². The van der Waals surface area contributed by atoms with Gasteiger partial charge in [-0.3, -0.25) is 0 Å². The second-order valence-corrected chi connectivity index (χ2v) is 4.50. The number of ether oxygens (including phenoxy) is 1. The predicted octanol–water partition coefficient (Wildman–Crippen LogP) is 2.76. The molecule has 0 bridgehead atoms. The van der Waals surface area contributed by atoms with Gasteiger partial charge >= 0.3 is 5.97 Å². The molecule has 0 radical (unpaired) electrons. The van der Waals surface area contributed by atoms with Crippen LogP contribution in [0.25, 0.3) is 0 Å². The maximum atomic E-state index is 11.0. The number of rotatable bonds is 10. The predicted molar refractivity (Wildman–Crippen MR) is 71.8 cm³/mol. The van der Waals surface area contributed by atoms with E-state index in [1.54, 1.807) is 0 Å². The molecule has 0 unspecified atom stereocenters. The van der Waals surface area contributed by atoms with Crippen molar-refractivity contribution in [2.75, 3.05) is 32.8 Å². The van der Waals surface area contributed by atoms with Gasteiger partial charge in [-0.2, -0.15) is 0 Å². The standard InChI is InChI=1S/C14H28NO2/c1-5-9-10-11-15(7-3,8-4)12-13-17-14(16)6-2/h6H,2,5,7-13H2,1,3-4H3/q+1. The molecular weight excluding hydrogens is 214 g/mol. The van der Waals surface area contributed by atoms with E-state index in [1.807, 2.05) is 0 Å². The lowest BCUT2D eigenvalue weighted by Gasteiger charge is -2.36. The van der Waals surface area contributed by atoms with Gasteiger partial charge in [0, 0.05) is 6.08 Å². The van der Waals surface area contributed by atoms with Crippen LogP contribution >= 0.6 is 0 Å². The van der Waals surface area contributed by atoms with E-state index in [9.17, 15) is 4.79 Å². The summed E-state index contributed by atoms with van der Waals surface area (Å²) in [6, 6.07) is 0. The molecular formula is C14H28NO2+. The number of hydrogen-bond donors (Lipinski definition) is 0. The normalized spacial score (nSPS) is 11.2. The number of hydrogen-bond acceptors (Lipinski definition) is 2. The summed E-state index contributed by atoms with van der Waals surface area (Å²) < 4.78 is 6.13. The molecule has 0 spiro atoms. The molecule has 0 aromatic heterocycles. The van der Waals surface area contributed by atoms with Gasteiger partial charge in [-0.05, 0) is 26.7 Å². The molecule has 17 heavy (non-hydrogen) atoms. The van der Waals surface area contributed by atoms with Crippen LogP contribution in [0.2, 0.25) is 0 Å². The monoisotopic (exact) mass is 242 g/mol. The summed E-state index contributed by atoms with van der Waals surface area (Å²) in [6.45, 7) is 14.8. The fraction of sp³-hybridized carbons (Fsp3) is 0.786. The Hall–Kier alpha value is -0.830. The number of carbonyl (C=O) groups is 1. The van der Waals surface area contributed by atoms with Gasteiger partial charge in [0.15, 0.2) is 0 Å². The number of esters is 1. The molecule has 0 saturated heterocycles. The average Bonchev–Trinajstić information content (AvgIpc) is 2.37. The zero-order valence-electron chi connectivity index (χ0n) is 11.7. The first kappa shape index (κ1) is 16.2. The number of carbonyl (C=O) groups excluding carboxylic acids is 1. The third kappa shape index (κ3) is 6.47. The van der Waals surface area contributed by atoms with E-state index in [0.717, 1.165) is 24.1 Å². The first-order chi connectivity index (χ1) is 8.14. The van der Waals surface area contributed by atoms with Crippen LogP contribution in [-0.4, -0.2) is 43.2 Å². The summed E-state index contributed by atoms with van der Waals surface area (Å²) in [6.07, 6.45) is 5.02. The Morgan fingerprint density at radius 1 is 1.18 bits per heavy atom. The zero-order valence-corrected chi connectivity index (χ0v) is 11.7. The molecule has 0 aliphatic rings. The van der Waals surface area contributed by atoms with Crippen molar-refractivity contribution in [2.45, 2.75) is 40.0 Å². The summed E-state index contributed by atoms with van der Waals surface area (Å²) in [5.74, 6) is -0.316. The quantitative estimate of drug-likeness (QED) is 0.255. The van der Waals surface area contributed by atoms with Crippen molar-refractivity contribution < 1.29 is 14.0 Å². The molecule has 0 aliphatic carbocycles. The Morgan fingerprint density at radius 3 is 2.29 bits per heavy atom. The highest BCUT2D eigenvalue weighted by molar-refractivity contribution is 5.81. The first-order valence-electron chi connectivity index (χ1n) is 6.78. The smallest absolute Gasteiger partial charge is 0.330 e. The average molecular weight is 242 g/mol. The highest BCUT2D eigenvalue weighted by atomic mass is 16.5. The van der Waals surface area contributed by atoms with Crippen molar-refractivity contribution in [2.24, 2.45) is 0 Å². The van der Waals surface area contributed by atoms with Gasteiger partial charge in [0.1, 0.15) is 13.2 Å². The number of quaternary nitrogens is 1. The van der Waals surface area contributed by atoms with Crippen molar-refractivity contribution in [3.63, 3.8) is 0 Å². The summed E-state index contributed by atoms with van der Waals surface area (Å²) in [7, 11) is 0. The lowest BCUT2D eigenvalue weighted by Crippen LogP contribution is -2.50. The molecule has 0 rings (SSSR count). The minimum Gasteiger partial charge on any atom is -0.457 e. The van der Waals surface area contributed by atoms with Gasteiger partial charge in [0.25, 0.3) is 0 Å². The third-order valence-corrected chi connectivity index (χ3v) is 3.55. The Balaban J connectivity index is 4.10. The van der Waals surface area contributed by atoms with Crippen molar-refractivity contribution in [1.82, 2.24) is 0 Å². The van der Waals surface area contributed by atoms with Crippen molar-refractivity contribution in [3.8, 4) is 0 Å². The lowest BCUT2D eigenvalue weighted by atomic mass is 10.2. The topological polar surface area (TPSA) is 26.3 Å². The van der Waals surface area contributed by atoms with Gasteiger partial charge in [0.05, 0.1) is 19.6 Å². The Kier molecular flexibility index (Phi) is 8.78. The third-order valence-electron chi connectivity index (χ3n) is 3.55. The molecule has 0 amide bonds. The SMILES string of the molecule is C=CC(=O)OCC[N+](CC)(CC)CCCCC. The molecule has 0 aromatic rings. The first-order valence-corrected chi connectivity index (χ1v) is 6.78. The van der Waals surface area contributed by atoms with Crippen LogP contribution in [0, 0.1) is 0 Å². The highest BCUT2D eigenvalue weighted by Crippen LogP contribution is 2.10. The van der Waals surface area contributed by atoms with Crippen molar-refractivity contribution in [1.29, 1.82) is 0 Å². The summed E-state index contributed by atoms with van der Waals surface area (Å²) in [5.41, 5.74) is 0. The van der Waals surface area contributed by atoms with E-state index in [-0.39, 0.29) is 5.97 Å². The van der Waals surface area contributed by atoms with Gasteiger partial charge < -0.3 is 9.22 Å². The number of nitrogens with zero attached hydrogens (tertiary/aromatic N) is 1. The van der Waals surface area contributed by atoms with E-state index >= 15 is 0 Å². The zero-order chi connectivity index (χ0) is 13.1. The molecule has 0 atom stereocenters. The summed E-state index contributed by atoms with van der Waals surface area (Å²) in [5, 5.41) is 0. The summed E-state index contributed by atoms with van der Waals surface area (Å²) >= 11 is 0.